The summed E-state index contributed by atoms with van der Waals surface area (Å²) in [6, 6.07) is 0.311. The number of hydrogen-bond acceptors (Lipinski definition) is 3. The molecule has 0 aliphatic heterocycles. The number of benzene rings is 1. The van der Waals surface area contributed by atoms with Crippen molar-refractivity contribution in [1.82, 2.24) is 0 Å². The molecular formula is C18H16F11NO3. The first kappa shape index (κ1) is 28.3. The van der Waals surface area contributed by atoms with Gasteiger partial charge in [-0.15, -0.1) is 0 Å². The Morgan fingerprint density at radius 2 is 1.55 bits per heavy atom. The zero-order chi connectivity index (χ0) is 25.7. The molecule has 0 atom stereocenters. The smallest absolute Gasteiger partial charge is 0.449 e. The van der Waals surface area contributed by atoms with Crippen molar-refractivity contribution >= 4 is 11.8 Å². The fourth-order valence-electron chi connectivity index (χ4n) is 2.09. The molecule has 0 saturated carbocycles. The molecule has 0 saturated heterocycles. The van der Waals surface area contributed by atoms with Crippen molar-refractivity contribution in [2.75, 3.05) is 11.9 Å². The number of alkyl halides is 9. The second-order valence-electron chi connectivity index (χ2n) is 6.41. The standard InChI is InChI=1S/C18H16F11NO3/c1-2-3-4-8-32-14(31)30-10-6-5-7-11(9-10)33-13(20)12(19)15(21,22)16(23,24)17(25,26)18(27,28)29/h5-7,9H,2-4,8H2,1H3,(H,30,31). The van der Waals surface area contributed by atoms with Crippen LogP contribution >= 0.6 is 0 Å². The molecule has 0 aromatic heterocycles. The van der Waals surface area contributed by atoms with Crippen LogP contribution in [0, 0.1) is 0 Å². The van der Waals surface area contributed by atoms with E-state index in [9.17, 15) is 53.1 Å². The SMILES string of the molecule is CCCCCOC(=O)Nc1cccc(OC(F)=C(F)C(F)(F)C(F)(F)C(F)(F)C(F)(F)F)c1. The highest BCUT2D eigenvalue weighted by Crippen LogP contribution is 2.55. The van der Waals surface area contributed by atoms with E-state index in [1.165, 1.54) is 0 Å². The van der Waals surface area contributed by atoms with Crippen molar-refractivity contribution in [3.8, 4) is 5.75 Å². The van der Waals surface area contributed by atoms with E-state index >= 15 is 0 Å². The van der Waals surface area contributed by atoms with Crippen LogP contribution in [0.15, 0.2) is 36.1 Å². The molecule has 188 valence electrons. The minimum absolute atomic E-state index is 0.0320. The van der Waals surface area contributed by atoms with Crippen molar-refractivity contribution in [3.63, 3.8) is 0 Å². The fraction of sp³-hybridized carbons (Fsp3) is 0.500. The van der Waals surface area contributed by atoms with Gasteiger partial charge < -0.3 is 9.47 Å². The highest BCUT2D eigenvalue weighted by atomic mass is 19.4. The van der Waals surface area contributed by atoms with Gasteiger partial charge >= 0.3 is 36.1 Å². The van der Waals surface area contributed by atoms with Gasteiger partial charge in [-0.05, 0) is 18.6 Å². The molecule has 0 heterocycles. The van der Waals surface area contributed by atoms with Crippen LogP contribution in [0.3, 0.4) is 0 Å². The average Bonchev–Trinajstić information content (AvgIpc) is 2.69. The number of nitrogens with one attached hydrogen (secondary N) is 1. The van der Waals surface area contributed by atoms with Gasteiger partial charge in [-0.2, -0.15) is 48.3 Å². The molecule has 0 unspecified atom stereocenters. The molecule has 1 amide bonds. The number of carbonyl (C=O) groups is 1. The lowest BCUT2D eigenvalue weighted by Gasteiger charge is -2.32. The van der Waals surface area contributed by atoms with Gasteiger partial charge in [0.25, 0.3) is 0 Å². The summed E-state index contributed by atoms with van der Waals surface area (Å²) in [7, 11) is 0. The maximum Gasteiger partial charge on any atom is 0.460 e. The summed E-state index contributed by atoms with van der Waals surface area (Å²) in [5, 5.41) is 2.09. The van der Waals surface area contributed by atoms with Gasteiger partial charge in [0.05, 0.1) is 6.61 Å². The highest BCUT2D eigenvalue weighted by molar-refractivity contribution is 5.84. The number of carbonyl (C=O) groups excluding carboxylic acids is 1. The predicted molar refractivity (Wildman–Crippen MR) is 91.7 cm³/mol. The Balaban J connectivity index is 3.04. The van der Waals surface area contributed by atoms with Gasteiger partial charge in [0, 0.05) is 11.8 Å². The summed E-state index contributed by atoms with van der Waals surface area (Å²) in [6.45, 7) is 1.92. The number of anilines is 1. The van der Waals surface area contributed by atoms with Crippen molar-refractivity contribution in [2.24, 2.45) is 0 Å². The van der Waals surface area contributed by atoms with Crippen LogP contribution in [0.5, 0.6) is 5.75 Å². The monoisotopic (exact) mass is 503 g/mol. The van der Waals surface area contributed by atoms with Crippen molar-refractivity contribution in [2.45, 2.75) is 50.1 Å². The first-order valence-electron chi connectivity index (χ1n) is 8.96. The first-order valence-corrected chi connectivity index (χ1v) is 8.96. The minimum Gasteiger partial charge on any atom is -0.449 e. The molecule has 1 aromatic carbocycles. The Bertz CT molecular complexity index is 853. The van der Waals surface area contributed by atoms with E-state index in [-0.39, 0.29) is 12.3 Å². The molecule has 33 heavy (non-hydrogen) atoms. The Morgan fingerprint density at radius 3 is 2.09 bits per heavy atom. The molecule has 1 rings (SSSR count). The molecule has 1 aromatic rings. The lowest BCUT2D eigenvalue weighted by atomic mass is 10.0. The van der Waals surface area contributed by atoms with Crippen LogP contribution in [0.25, 0.3) is 0 Å². The Labute approximate surface area is 179 Å². The van der Waals surface area contributed by atoms with Crippen LogP contribution in [-0.4, -0.2) is 36.6 Å². The van der Waals surface area contributed by atoms with Gasteiger partial charge in [-0.1, -0.05) is 25.8 Å². The van der Waals surface area contributed by atoms with E-state index in [1.54, 1.807) is 0 Å². The zero-order valence-electron chi connectivity index (χ0n) is 16.5. The quantitative estimate of drug-likeness (QED) is 0.206. The number of ether oxygens (including phenoxy) is 2. The molecule has 4 nitrogen and oxygen atoms in total. The number of rotatable bonds is 10. The van der Waals surface area contributed by atoms with Crippen LogP contribution in [0.4, 0.5) is 58.8 Å². The van der Waals surface area contributed by atoms with E-state index in [4.69, 9.17) is 4.74 Å². The second-order valence-corrected chi connectivity index (χ2v) is 6.41. The lowest BCUT2D eigenvalue weighted by Crippen LogP contribution is -2.61. The largest absolute Gasteiger partial charge is 0.460 e. The summed E-state index contributed by atoms with van der Waals surface area (Å²) >= 11 is 0. The molecule has 0 radical (unpaired) electrons. The summed E-state index contributed by atoms with van der Waals surface area (Å²) in [5.41, 5.74) is -0.234. The van der Waals surface area contributed by atoms with Crippen molar-refractivity contribution < 1.29 is 62.6 Å². The van der Waals surface area contributed by atoms with E-state index in [1.807, 2.05) is 6.92 Å². The third-order valence-electron chi connectivity index (χ3n) is 3.86. The molecule has 0 bridgehead atoms. The van der Waals surface area contributed by atoms with Crippen LogP contribution in [0.1, 0.15) is 26.2 Å². The Kier molecular flexibility index (Phi) is 8.97. The van der Waals surface area contributed by atoms with Gasteiger partial charge in [0.1, 0.15) is 5.75 Å². The van der Waals surface area contributed by atoms with E-state index in [0.29, 0.717) is 12.5 Å². The third kappa shape index (κ3) is 6.41. The molecule has 0 aliphatic rings. The van der Waals surface area contributed by atoms with Crippen LogP contribution in [-0.2, 0) is 4.74 Å². The van der Waals surface area contributed by atoms with Crippen LogP contribution in [0.2, 0.25) is 0 Å². The average molecular weight is 503 g/mol. The summed E-state index contributed by atoms with van der Waals surface area (Å²) in [6.07, 6.45) is -6.09. The zero-order valence-corrected chi connectivity index (χ0v) is 16.5. The van der Waals surface area contributed by atoms with E-state index < -0.39 is 47.6 Å². The molecule has 1 N–H and O–H groups in total. The lowest BCUT2D eigenvalue weighted by molar-refractivity contribution is -0.392. The summed E-state index contributed by atoms with van der Waals surface area (Å²) < 4.78 is 151. The number of hydrogen-bond donors (Lipinski definition) is 1. The molecule has 0 spiro atoms. The topological polar surface area (TPSA) is 47.6 Å². The number of allylic oxidation sites excluding steroid dienone is 1. The van der Waals surface area contributed by atoms with Gasteiger partial charge in [0.2, 0.25) is 5.83 Å². The van der Waals surface area contributed by atoms with Gasteiger partial charge in [-0.3, -0.25) is 5.32 Å². The van der Waals surface area contributed by atoms with Crippen LogP contribution < -0.4 is 10.1 Å². The predicted octanol–water partition coefficient (Wildman–Crippen LogP) is 7.38. The maximum absolute atomic E-state index is 13.7. The third-order valence-corrected chi connectivity index (χ3v) is 3.86. The Morgan fingerprint density at radius 1 is 0.939 bits per heavy atom. The normalized spacial score (nSPS) is 13.9. The first-order chi connectivity index (χ1) is 15.0. The van der Waals surface area contributed by atoms with Gasteiger partial charge in [-0.25, -0.2) is 4.79 Å². The van der Waals surface area contributed by atoms with E-state index in [2.05, 4.69) is 10.1 Å². The van der Waals surface area contributed by atoms with Crippen molar-refractivity contribution in [3.05, 3.63) is 36.1 Å². The molecule has 0 aliphatic carbocycles. The molecular weight excluding hydrogens is 487 g/mol. The number of unbranched alkanes of at least 4 members (excludes halogenated alkanes) is 2. The van der Waals surface area contributed by atoms with Crippen molar-refractivity contribution in [1.29, 1.82) is 0 Å². The summed E-state index contributed by atoms with van der Waals surface area (Å²) in [4.78, 5) is 11.6. The Hall–Kier alpha value is -2.74. The highest BCUT2D eigenvalue weighted by Gasteiger charge is 2.83. The number of amides is 1. The minimum atomic E-state index is -7.41. The second kappa shape index (κ2) is 10.5. The fourth-order valence-corrected chi connectivity index (χ4v) is 2.09. The molecule has 0 fully saturated rings. The molecule has 15 heteroatoms. The number of halogens is 11. The van der Waals surface area contributed by atoms with E-state index in [0.717, 1.165) is 31.0 Å². The summed E-state index contributed by atoms with van der Waals surface area (Å²) in [5.74, 6) is -26.7. The van der Waals surface area contributed by atoms with Gasteiger partial charge in [0.15, 0.2) is 0 Å². The maximum atomic E-state index is 13.7.